The molecule has 0 aliphatic rings. The van der Waals surface area contributed by atoms with Crippen LogP contribution in [0.5, 0.6) is 5.75 Å². The first-order chi connectivity index (χ1) is 17.0. The molecule has 35 heavy (non-hydrogen) atoms. The predicted octanol–water partition coefficient (Wildman–Crippen LogP) is 2.88. The smallest absolute Gasteiger partial charge is 0.349 e. The number of benzene rings is 2. The summed E-state index contributed by atoms with van der Waals surface area (Å²) in [5, 5.41) is 8.89. The fourth-order valence-electron chi connectivity index (χ4n) is 3.90. The molecule has 3 aromatic heterocycles. The van der Waals surface area contributed by atoms with Gasteiger partial charge in [-0.2, -0.15) is 5.10 Å². The molecule has 0 spiro atoms. The number of hydrogen-bond donors (Lipinski definition) is 1. The Bertz CT molecular complexity index is 1680. The SMILES string of the molecule is COc1cccc2cc(C(=O)NCc3nn(Cc4cccnc4)c(=O)c4ccccc34)c(=O)oc12. The van der Waals surface area contributed by atoms with Crippen molar-refractivity contribution in [2.75, 3.05) is 7.11 Å². The van der Waals surface area contributed by atoms with Crippen molar-refractivity contribution in [3.63, 3.8) is 0 Å². The Labute approximate surface area is 198 Å². The Morgan fingerprint density at radius 1 is 1.06 bits per heavy atom. The second-order valence-corrected chi connectivity index (χ2v) is 7.83. The van der Waals surface area contributed by atoms with Gasteiger partial charge in [-0.05, 0) is 29.8 Å². The fourth-order valence-corrected chi connectivity index (χ4v) is 3.90. The molecule has 0 aliphatic heterocycles. The van der Waals surface area contributed by atoms with Crippen LogP contribution in [0.15, 0.2) is 87.1 Å². The Hall–Kier alpha value is -4.79. The average molecular weight is 468 g/mol. The number of nitrogens with zero attached hydrogens (tertiary/aromatic N) is 3. The van der Waals surface area contributed by atoms with Crippen LogP contribution in [-0.4, -0.2) is 27.8 Å². The second kappa shape index (κ2) is 9.22. The third kappa shape index (κ3) is 4.26. The molecule has 9 heteroatoms. The summed E-state index contributed by atoms with van der Waals surface area (Å²) in [6, 6.07) is 17.3. The van der Waals surface area contributed by atoms with Gasteiger partial charge in [-0.15, -0.1) is 0 Å². The van der Waals surface area contributed by atoms with Crippen LogP contribution in [0, 0.1) is 0 Å². The quantitative estimate of drug-likeness (QED) is 0.381. The minimum atomic E-state index is -0.779. The van der Waals surface area contributed by atoms with Gasteiger partial charge in [-0.1, -0.05) is 36.4 Å². The third-order valence-electron chi connectivity index (χ3n) is 5.60. The summed E-state index contributed by atoms with van der Waals surface area (Å²) in [5.41, 5.74) is 0.411. The van der Waals surface area contributed by atoms with Crippen LogP contribution in [0.3, 0.4) is 0 Å². The first kappa shape index (κ1) is 22.0. The molecule has 174 valence electrons. The van der Waals surface area contributed by atoms with Crippen molar-refractivity contribution in [3.8, 4) is 5.75 Å². The van der Waals surface area contributed by atoms with E-state index in [1.54, 1.807) is 60.9 Å². The number of amides is 1. The van der Waals surface area contributed by atoms with Crippen molar-refractivity contribution >= 4 is 27.6 Å². The number of rotatable bonds is 6. The molecule has 5 rings (SSSR count). The molecule has 0 bridgehead atoms. The van der Waals surface area contributed by atoms with E-state index in [-0.39, 0.29) is 29.8 Å². The van der Waals surface area contributed by atoms with Crippen LogP contribution in [0.2, 0.25) is 0 Å². The number of pyridine rings is 1. The van der Waals surface area contributed by atoms with E-state index in [0.717, 1.165) is 5.56 Å². The van der Waals surface area contributed by atoms with Crippen molar-refractivity contribution in [2.24, 2.45) is 0 Å². The minimum Gasteiger partial charge on any atom is -0.493 e. The van der Waals surface area contributed by atoms with E-state index in [1.165, 1.54) is 17.9 Å². The van der Waals surface area contributed by atoms with Crippen LogP contribution in [0.4, 0.5) is 0 Å². The number of hydrogen-bond acceptors (Lipinski definition) is 7. The molecule has 5 aromatic rings. The van der Waals surface area contributed by atoms with Gasteiger partial charge in [0.05, 0.1) is 31.3 Å². The van der Waals surface area contributed by atoms with Gasteiger partial charge in [0.25, 0.3) is 11.5 Å². The molecule has 2 aromatic carbocycles. The van der Waals surface area contributed by atoms with Crippen LogP contribution in [0.25, 0.3) is 21.7 Å². The second-order valence-electron chi connectivity index (χ2n) is 7.83. The topological polar surface area (TPSA) is 116 Å². The average Bonchev–Trinajstić information content (AvgIpc) is 2.89. The molecule has 0 atom stereocenters. The number of ether oxygens (including phenoxy) is 1. The van der Waals surface area contributed by atoms with Crippen molar-refractivity contribution in [2.45, 2.75) is 13.1 Å². The van der Waals surface area contributed by atoms with E-state index in [2.05, 4.69) is 15.4 Å². The molecule has 3 heterocycles. The molecule has 0 saturated heterocycles. The Morgan fingerprint density at radius 2 is 1.89 bits per heavy atom. The maximum atomic E-state index is 13.0. The largest absolute Gasteiger partial charge is 0.493 e. The first-order valence-corrected chi connectivity index (χ1v) is 10.8. The molecular formula is C26H20N4O5. The fraction of sp³-hybridized carbons (Fsp3) is 0.115. The first-order valence-electron chi connectivity index (χ1n) is 10.8. The van der Waals surface area contributed by atoms with Gasteiger partial charge in [-0.3, -0.25) is 14.6 Å². The lowest BCUT2D eigenvalue weighted by Gasteiger charge is -2.12. The lowest BCUT2D eigenvalue weighted by atomic mass is 10.1. The normalized spacial score (nSPS) is 11.0. The van der Waals surface area contributed by atoms with Gasteiger partial charge < -0.3 is 14.5 Å². The number of fused-ring (bicyclic) bond motifs is 2. The monoisotopic (exact) mass is 468 g/mol. The highest BCUT2D eigenvalue weighted by Crippen LogP contribution is 2.24. The molecule has 0 aliphatic carbocycles. The van der Waals surface area contributed by atoms with Gasteiger partial charge in [0.15, 0.2) is 11.3 Å². The summed E-state index contributed by atoms with van der Waals surface area (Å²) in [7, 11) is 1.47. The van der Waals surface area contributed by atoms with Gasteiger partial charge in [0.1, 0.15) is 5.56 Å². The lowest BCUT2D eigenvalue weighted by molar-refractivity contribution is 0.0947. The summed E-state index contributed by atoms with van der Waals surface area (Å²) in [5.74, 6) is -0.211. The summed E-state index contributed by atoms with van der Waals surface area (Å²) >= 11 is 0. The Balaban J connectivity index is 1.47. The van der Waals surface area contributed by atoms with Crippen LogP contribution < -0.4 is 21.2 Å². The van der Waals surface area contributed by atoms with E-state index in [0.29, 0.717) is 27.6 Å². The maximum absolute atomic E-state index is 13.0. The van der Waals surface area contributed by atoms with E-state index in [9.17, 15) is 14.4 Å². The highest BCUT2D eigenvalue weighted by Gasteiger charge is 2.17. The number of aromatic nitrogens is 3. The highest BCUT2D eigenvalue weighted by molar-refractivity contribution is 5.97. The summed E-state index contributed by atoms with van der Waals surface area (Å²) in [4.78, 5) is 42.5. The molecule has 1 amide bonds. The number of para-hydroxylation sites is 1. The van der Waals surface area contributed by atoms with Gasteiger partial charge in [0.2, 0.25) is 0 Å². The minimum absolute atomic E-state index is 0.00224. The standard InChI is InChI=1S/C26H20N4O5/c1-34-22-10-4-7-17-12-20(26(33)35-23(17)22)24(31)28-14-21-18-8-2-3-9-19(18)25(32)30(29-21)15-16-6-5-11-27-13-16/h2-13H,14-15H2,1H3,(H,28,31). The van der Waals surface area contributed by atoms with Crippen LogP contribution in [-0.2, 0) is 13.1 Å². The number of methoxy groups -OCH3 is 1. The van der Waals surface area contributed by atoms with Crippen LogP contribution >= 0.6 is 0 Å². The summed E-state index contributed by atoms with van der Waals surface area (Å²) < 4.78 is 11.9. The van der Waals surface area contributed by atoms with Crippen molar-refractivity contribution in [3.05, 3.63) is 111 Å². The number of nitrogens with one attached hydrogen (secondary N) is 1. The predicted molar refractivity (Wildman–Crippen MR) is 130 cm³/mol. The Kier molecular flexibility index (Phi) is 5.80. The van der Waals surface area contributed by atoms with E-state index in [4.69, 9.17) is 9.15 Å². The van der Waals surface area contributed by atoms with Crippen molar-refractivity contribution < 1.29 is 13.9 Å². The maximum Gasteiger partial charge on any atom is 0.349 e. The highest BCUT2D eigenvalue weighted by atomic mass is 16.5. The number of carbonyl (C=O) groups is 1. The van der Waals surface area contributed by atoms with E-state index in [1.807, 2.05) is 6.07 Å². The zero-order valence-corrected chi connectivity index (χ0v) is 18.7. The molecular weight excluding hydrogens is 448 g/mol. The van der Waals surface area contributed by atoms with Crippen molar-refractivity contribution in [1.29, 1.82) is 0 Å². The molecule has 9 nitrogen and oxygen atoms in total. The Morgan fingerprint density at radius 3 is 2.66 bits per heavy atom. The van der Waals surface area contributed by atoms with Gasteiger partial charge in [-0.25, -0.2) is 9.48 Å². The molecule has 1 N–H and O–H groups in total. The third-order valence-corrected chi connectivity index (χ3v) is 5.60. The van der Waals surface area contributed by atoms with Gasteiger partial charge in [0, 0.05) is 23.2 Å². The number of carbonyl (C=O) groups excluding carboxylic acids is 1. The molecule has 0 radical (unpaired) electrons. The zero-order chi connectivity index (χ0) is 24.4. The summed E-state index contributed by atoms with van der Waals surface area (Å²) in [6.07, 6.45) is 3.32. The van der Waals surface area contributed by atoms with E-state index >= 15 is 0 Å². The molecule has 0 unspecified atom stereocenters. The zero-order valence-electron chi connectivity index (χ0n) is 18.7. The van der Waals surface area contributed by atoms with E-state index < -0.39 is 11.5 Å². The summed E-state index contributed by atoms with van der Waals surface area (Å²) in [6.45, 7) is 0.233. The van der Waals surface area contributed by atoms with Gasteiger partial charge >= 0.3 is 5.63 Å². The lowest BCUT2D eigenvalue weighted by Crippen LogP contribution is -2.31. The van der Waals surface area contributed by atoms with Crippen LogP contribution in [0.1, 0.15) is 21.6 Å². The molecule has 0 saturated carbocycles. The van der Waals surface area contributed by atoms with Crippen molar-refractivity contribution in [1.82, 2.24) is 20.1 Å². The molecule has 0 fully saturated rings.